The Hall–Kier alpha value is -2.29. The average Bonchev–Trinajstić information content (AvgIpc) is 2.47. The van der Waals surface area contributed by atoms with Crippen LogP contribution in [0, 0.1) is 5.41 Å². The van der Waals surface area contributed by atoms with E-state index in [-0.39, 0.29) is 5.84 Å². The lowest BCUT2D eigenvalue weighted by molar-refractivity contribution is 0.618. The minimum absolute atomic E-state index is 0.114. The Labute approximate surface area is 119 Å². The number of fused-ring (bicyclic) bond motifs is 1. The third kappa shape index (κ3) is 2.16. The number of amidine groups is 1. The van der Waals surface area contributed by atoms with Gasteiger partial charge in [0.2, 0.25) is 0 Å². The van der Waals surface area contributed by atoms with E-state index in [1.54, 1.807) is 0 Å². The number of anilines is 2. The summed E-state index contributed by atoms with van der Waals surface area (Å²) < 4.78 is 0. The summed E-state index contributed by atoms with van der Waals surface area (Å²) in [6.45, 7) is 2.26. The molecule has 0 bridgehead atoms. The summed E-state index contributed by atoms with van der Waals surface area (Å²) in [6.07, 6.45) is 2.30. The molecule has 3 nitrogen and oxygen atoms in total. The standard InChI is InChI=1S/C17H19N3/c1-12-6-7-13-4-2-3-5-16(13)20(12)15-10-8-14(9-11-15)17(18)19/h2-5,8-12H,6-7H2,1H3,(H3,18,19). The zero-order valence-corrected chi connectivity index (χ0v) is 11.6. The quantitative estimate of drug-likeness (QED) is 0.645. The molecule has 0 saturated carbocycles. The van der Waals surface area contributed by atoms with Gasteiger partial charge in [-0.15, -0.1) is 0 Å². The zero-order chi connectivity index (χ0) is 14.1. The van der Waals surface area contributed by atoms with E-state index in [9.17, 15) is 0 Å². The SMILES string of the molecule is CC1CCc2ccccc2N1c1ccc(C(=N)N)cc1. The normalized spacial score (nSPS) is 17.6. The monoisotopic (exact) mass is 265 g/mol. The van der Waals surface area contributed by atoms with Crippen LogP contribution >= 0.6 is 0 Å². The Morgan fingerprint density at radius 2 is 1.85 bits per heavy atom. The summed E-state index contributed by atoms with van der Waals surface area (Å²) in [5.41, 5.74) is 10.1. The van der Waals surface area contributed by atoms with Crippen LogP contribution in [0.5, 0.6) is 0 Å². The van der Waals surface area contributed by atoms with E-state index in [1.165, 1.54) is 11.3 Å². The van der Waals surface area contributed by atoms with E-state index in [0.29, 0.717) is 6.04 Å². The molecule has 3 N–H and O–H groups in total. The van der Waals surface area contributed by atoms with Crippen LogP contribution in [0.25, 0.3) is 0 Å². The molecule has 1 heterocycles. The van der Waals surface area contributed by atoms with Gasteiger partial charge in [-0.2, -0.15) is 0 Å². The molecule has 0 radical (unpaired) electrons. The lowest BCUT2D eigenvalue weighted by atomic mass is 9.96. The van der Waals surface area contributed by atoms with Gasteiger partial charge in [0.1, 0.15) is 5.84 Å². The molecule has 102 valence electrons. The van der Waals surface area contributed by atoms with Crippen molar-refractivity contribution in [2.24, 2.45) is 5.73 Å². The Balaban J connectivity index is 2.02. The number of para-hydroxylation sites is 1. The second-order valence-corrected chi connectivity index (χ2v) is 5.35. The van der Waals surface area contributed by atoms with Crippen molar-refractivity contribution in [1.82, 2.24) is 0 Å². The molecule has 1 aliphatic rings. The number of hydrogen-bond acceptors (Lipinski definition) is 2. The summed E-state index contributed by atoms with van der Waals surface area (Å²) in [4.78, 5) is 2.38. The van der Waals surface area contributed by atoms with Crippen LogP contribution < -0.4 is 10.6 Å². The van der Waals surface area contributed by atoms with Gasteiger partial charge < -0.3 is 10.6 Å². The number of nitrogens with one attached hydrogen (secondary N) is 1. The van der Waals surface area contributed by atoms with Crippen LogP contribution in [0.2, 0.25) is 0 Å². The second-order valence-electron chi connectivity index (χ2n) is 5.35. The van der Waals surface area contributed by atoms with Gasteiger partial charge in [0, 0.05) is 23.0 Å². The molecular weight excluding hydrogens is 246 g/mol. The molecule has 0 amide bonds. The summed E-state index contributed by atoms with van der Waals surface area (Å²) >= 11 is 0. The molecule has 1 unspecified atom stereocenters. The summed E-state index contributed by atoms with van der Waals surface area (Å²) in [6, 6.07) is 17.0. The highest BCUT2D eigenvalue weighted by Crippen LogP contribution is 2.36. The first kappa shape index (κ1) is 12.7. The number of nitrogens with two attached hydrogens (primary N) is 1. The van der Waals surface area contributed by atoms with Gasteiger partial charge in [0.05, 0.1) is 0 Å². The van der Waals surface area contributed by atoms with Crippen molar-refractivity contribution in [1.29, 1.82) is 5.41 Å². The fourth-order valence-electron chi connectivity index (χ4n) is 2.88. The molecule has 2 aromatic carbocycles. The largest absolute Gasteiger partial charge is 0.384 e. The van der Waals surface area contributed by atoms with Crippen molar-refractivity contribution >= 4 is 17.2 Å². The number of nitrogen functional groups attached to an aromatic ring is 1. The van der Waals surface area contributed by atoms with Gasteiger partial charge in [-0.3, -0.25) is 5.41 Å². The van der Waals surface area contributed by atoms with Gasteiger partial charge in [-0.1, -0.05) is 18.2 Å². The number of nitrogens with zero attached hydrogens (tertiary/aromatic N) is 1. The fraction of sp³-hybridized carbons (Fsp3) is 0.235. The highest BCUT2D eigenvalue weighted by atomic mass is 15.2. The minimum Gasteiger partial charge on any atom is -0.384 e. The van der Waals surface area contributed by atoms with E-state index < -0.39 is 0 Å². The van der Waals surface area contributed by atoms with Gasteiger partial charge in [0.25, 0.3) is 0 Å². The van der Waals surface area contributed by atoms with E-state index >= 15 is 0 Å². The Kier molecular flexibility index (Phi) is 3.18. The predicted octanol–water partition coefficient (Wildman–Crippen LogP) is 3.44. The maximum atomic E-state index is 7.47. The van der Waals surface area contributed by atoms with Crippen molar-refractivity contribution < 1.29 is 0 Å². The molecule has 0 fully saturated rings. The van der Waals surface area contributed by atoms with E-state index in [4.69, 9.17) is 11.1 Å². The number of aryl methyl sites for hydroxylation is 1. The van der Waals surface area contributed by atoms with Crippen LogP contribution in [-0.4, -0.2) is 11.9 Å². The van der Waals surface area contributed by atoms with Crippen molar-refractivity contribution in [3.05, 3.63) is 59.7 Å². The van der Waals surface area contributed by atoms with Crippen LogP contribution in [0.1, 0.15) is 24.5 Å². The lowest BCUT2D eigenvalue weighted by Gasteiger charge is -2.37. The third-order valence-corrected chi connectivity index (χ3v) is 3.98. The van der Waals surface area contributed by atoms with Crippen molar-refractivity contribution in [2.45, 2.75) is 25.8 Å². The van der Waals surface area contributed by atoms with Crippen molar-refractivity contribution in [3.8, 4) is 0 Å². The van der Waals surface area contributed by atoms with Crippen LogP contribution in [0.4, 0.5) is 11.4 Å². The van der Waals surface area contributed by atoms with Crippen molar-refractivity contribution in [3.63, 3.8) is 0 Å². The molecule has 0 aromatic heterocycles. The highest BCUT2D eigenvalue weighted by Gasteiger charge is 2.23. The summed E-state index contributed by atoms with van der Waals surface area (Å²) in [5, 5.41) is 7.47. The molecule has 1 atom stereocenters. The van der Waals surface area contributed by atoms with Gasteiger partial charge >= 0.3 is 0 Å². The second kappa shape index (κ2) is 5.00. The number of rotatable bonds is 2. The van der Waals surface area contributed by atoms with Crippen LogP contribution in [0.15, 0.2) is 48.5 Å². The van der Waals surface area contributed by atoms with Crippen molar-refractivity contribution in [2.75, 3.05) is 4.90 Å². The van der Waals surface area contributed by atoms with Crippen LogP contribution in [-0.2, 0) is 6.42 Å². The maximum Gasteiger partial charge on any atom is 0.122 e. The molecule has 1 aliphatic heterocycles. The Morgan fingerprint density at radius 3 is 2.55 bits per heavy atom. The van der Waals surface area contributed by atoms with E-state index in [0.717, 1.165) is 24.1 Å². The maximum absolute atomic E-state index is 7.47. The molecule has 2 aromatic rings. The first-order valence-electron chi connectivity index (χ1n) is 6.98. The highest BCUT2D eigenvalue weighted by molar-refractivity contribution is 5.95. The molecular formula is C17H19N3. The Bertz CT molecular complexity index is 631. The zero-order valence-electron chi connectivity index (χ0n) is 11.6. The van der Waals surface area contributed by atoms with Crippen LogP contribution in [0.3, 0.4) is 0 Å². The first-order valence-corrected chi connectivity index (χ1v) is 6.98. The average molecular weight is 265 g/mol. The smallest absolute Gasteiger partial charge is 0.122 e. The van der Waals surface area contributed by atoms with E-state index in [1.807, 2.05) is 12.1 Å². The molecule has 20 heavy (non-hydrogen) atoms. The van der Waals surface area contributed by atoms with E-state index in [2.05, 4.69) is 48.2 Å². The molecule has 0 spiro atoms. The molecule has 0 saturated heterocycles. The molecule has 3 heteroatoms. The van der Waals surface area contributed by atoms with Gasteiger partial charge in [-0.25, -0.2) is 0 Å². The summed E-state index contributed by atoms with van der Waals surface area (Å²) in [5.74, 6) is 0.114. The molecule has 0 aliphatic carbocycles. The number of hydrogen-bond donors (Lipinski definition) is 2. The number of benzene rings is 2. The first-order chi connectivity index (χ1) is 9.66. The lowest BCUT2D eigenvalue weighted by Crippen LogP contribution is -2.33. The minimum atomic E-state index is 0.114. The van der Waals surface area contributed by atoms with Gasteiger partial charge in [-0.05, 0) is 55.7 Å². The fourth-order valence-corrected chi connectivity index (χ4v) is 2.88. The molecule has 3 rings (SSSR count). The summed E-state index contributed by atoms with van der Waals surface area (Å²) in [7, 11) is 0. The Morgan fingerprint density at radius 1 is 1.15 bits per heavy atom. The van der Waals surface area contributed by atoms with Gasteiger partial charge in [0.15, 0.2) is 0 Å². The topological polar surface area (TPSA) is 53.1 Å². The predicted molar refractivity (Wildman–Crippen MR) is 83.8 cm³/mol. The third-order valence-electron chi connectivity index (χ3n) is 3.98.